The van der Waals surface area contributed by atoms with E-state index < -0.39 is 0 Å². The van der Waals surface area contributed by atoms with Gasteiger partial charge in [0.1, 0.15) is 0 Å². The second-order valence-corrected chi connectivity index (χ2v) is 5.70. The largest absolute Gasteiger partial charge is 0.382 e. The molecule has 3 unspecified atom stereocenters. The van der Waals surface area contributed by atoms with Crippen molar-refractivity contribution in [3.8, 4) is 0 Å². The van der Waals surface area contributed by atoms with Gasteiger partial charge < -0.3 is 14.4 Å². The van der Waals surface area contributed by atoms with Crippen molar-refractivity contribution >= 4 is 21.3 Å². The predicted octanol–water partition coefficient (Wildman–Crippen LogP) is 2.61. The number of ether oxygens (including phenoxy) is 2. The summed E-state index contributed by atoms with van der Waals surface area (Å²) in [7, 11) is 3.15. The van der Waals surface area contributed by atoms with Crippen LogP contribution in [0.3, 0.4) is 0 Å². The first-order valence-corrected chi connectivity index (χ1v) is 8.72. The maximum absolute atomic E-state index is 10.8. The summed E-state index contributed by atoms with van der Waals surface area (Å²) < 4.78 is 10.9. The molecule has 4 atom stereocenters. The zero-order valence-corrected chi connectivity index (χ0v) is 17.0. The fourth-order valence-corrected chi connectivity index (χ4v) is 2.11. The topological polar surface area (TPSA) is 84.9 Å². The van der Waals surface area contributed by atoms with Gasteiger partial charge in [0.25, 0.3) is 5.91 Å². The summed E-state index contributed by atoms with van der Waals surface area (Å²) in [4.78, 5) is 28.0. The molecule has 7 heteroatoms. The lowest BCUT2D eigenvalue weighted by molar-refractivity contribution is -0.127. The Morgan fingerprint density at radius 3 is 2.38 bits per heavy atom. The van der Waals surface area contributed by atoms with E-state index in [1.165, 1.54) is 35.7 Å². The Balaban J connectivity index is 0. The van der Waals surface area contributed by atoms with Crippen LogP contribution in [0, 0.1) is 5.92 Å². The predicted molar refractivity (Wildman–Crippen MR) is 99.4 cm³/mol. The molecule has 0 bridgehead atoms. The molecule has 0 aromatic heterocycles. The van der Waals surface area contributed by atoms with Gasteiger partial charge in [-0.05, 0) is 42.1 Å². The van der Waals surface area contributed by atoms with Crippen LogP contribution in [0.15, 0.2) is 11.6 Å². The zero-order valence-electron chi connectivity index (χ0n) is 15.8. The number of carbonyl (C=O) groups excluding carboxylic acids is 2. The average molecular weight is 363 g/mol. The van der Waals surface area contributed by atoms with Crippen LogP contribution in [0.25, 0.3) is 0 Å². The van der Waals surface area contributed by atoms with Gasteiger partial charge in [-0.3, -0.25) is 14.9 Å². The first-order chi connectivity index (χ1) is 11.3. The van der Waals surface area contributed by atoms with E-state index in [1.807, 2.05) is 0 Å². The normalized spacial score (nSPS) is 20.9. The first-order valence-electron chi connectivity index (χ1n) is 8.20. The highest BCUT2D eigenvalue weighted by Gasteiger charge is 2.28. The van der Waals surface area contributed by atoms with Crippen molar-refractivity contribution in [2.45, 2.75) is 66.1 Å². The maximum Gasteiger partial charge on any atom is 0.253 e. The minimum atomic E-state index is -0.328. The lowest BCUT2D eigenvalue weighted by atomic mass is 9.99. The molecule has 1 heterocycles. The Labute approximate surface area is 148 Å². The van der Waals surface area contributed by atoms with Crippen molar-refractivity contribution < 1.29 is 24.0 Å². The number of allylic oxidation sites excluding steroid dienone is 1. The van der Waals surface area contributed by atoms with Crippen molar-refractivity contribution in [3.05, 3.63) is 11.6 Å². The molecule has 2 amide bonds. The molecular formula is C17H34NO5P. The van der Waals surface area contributed by atoms with Crippen LogP contribution >= 0.6 is 9.47 Å². The van der Waals surface area contributed by atoms with Crippen LogP contribution in [0.2, 0.25) is 0 Å². The van der Waals surface area contributed by atoms with Crippen LogP contribution in [-0.4, -0.2) is 42.6 Å². The molecular weight excluding hydrogens is 329 g/mol. The van der Waals surface area contributed by atoms with Gasteiger partial charge in [-0.1, -0.05) is 26.3 Å². The van der Waals surface area contributed by atoms with Crippen molar-refractivity contribution in [2.24, 2.45) is 5.92 Å². The number of carbonyl (C=O) groups is 2. The Morgan fingerprint density at radius 2 is 1.96 bits per heavy atom. The Hall–Kier alpha value is -0.810. The molecule has 0 aliphatic carbocycles. The molecule has 1 saturated heterocycles. The van der Waals surface area contributed by atoms with E-state index in [4.69, 9.17) is 14.4 Å². The van der Waals surface area contributed by atoms with E-state index in [1.54, 1.807) is 27.0 Å². The molecule has 6 nitrogen and oxygen atoms in total. The molecule has 1 rings (SSSR count). The molecule has 1 fully saturated rings. The van der Waals surface area contributed by atoms with Gasteiger partial charge in [-0.15, -0.1) is 0 Å². The zero-order chi connectivity index (χ0) is 19.1. The lowest BCUT2D eigenvalue weighted by Gasteiger charge is -2.18. The monoisotopic (exact) mass is 363 g/mol. The smallest absolute Gasteiger partial charge is 0.253 e. The second-order valence-electron chi connectivity index (χ2n) is 5.70. The van der Waals surface area contributed by atoms with Crippen molar-refractivity contribution in [3.63, 3.8) is 0 Å². The third kappa shape index (κ3) is 11.7. The number of hydrogen-bond donors (Lipinski definition) is 2. The van der Waals surface area contributed by atoms with E-state index in [0.717, 1.165) is 6.61 Å². The van der Waals surface area contributed by atoms with E-state index in [-0.39, 0.29) is 11.8 Å². The molecule has 0 spiro atoms. The number of methoxy groups -OCH3 is 1. The van der Waals surface area contributed by atoms with Gasteiger partial charge >= 0.3 is 0 Å². The Bertz CT molecular complexity index is 387. The summed E-state index contributed by atoms with van der Waals surface area (Å²) in [6, 6.07) is 0. The standard InChI is InChI=1S/C10H20O2.C7H11NO2.H3OP/c1-4-8(2)10-6-5-9(12-10)7-11-3;1-4-5(2)7(10)8-6(3)9;1-2/h8-10H,4-7H2,1-3H3;4H,1-3H3,(H,8,9,10);1H,2H2/b;5-4-;/t8?,9-,10?;;/m0../s1. The van der Waals surface area contributed by atoms with Crippen LogP contribution < -0.4 is 5.32 Å². The quantitative estimate of drug-likeness (QED) is 0.579. The van der Waals surface area contributed by atoms with Crippen LogP contribution in [-0.2, 0) is 19.1 Å². The Morgan fingerprint density at radius 1 is 1.38 bits per heavy atom. The number of amides is 2. The maximum atomic E-state index is 10.8. The summed E-state index contributed by atoms with van der Waals surface area (Å²) in [5.74, 6) is 0.0491. The van der Waals surface area contributed by atoms with Gasteiger partial charge in [0.2, 0.25) is 5.91 Å². The molecule has 24 heavy (non-hydrogen) atoms. The van der Waals surface area contributed by atoms with Gasteiger partial charge in [-0.2, -0.15) is 0 Å². The molecule has 142 valence electrons. The fourth-order valence-electron chi connectivity index (χ4n) is 2.11. The summed E-state index contributed by atoms with van der Waals surface area (Å²) in [5, 5.41) is 2.15. The van der Waals surface area contributed by atoms with Gasteiger partial charge in [-0.25, -0.2) is 0 Å². The SMILES string of the molecule is C/C=C(/C)C(=O)NC(C)=O.CCC(C)C1CC[C@@H](COC)O1.OP. The fraction of sp³-hybridized carbons (Fsp3) is 0.765. The molecule has 0 aromatic carbocycles. The minimum Gasteiger partial charge on any atom is -0.382 e. The molecule has 2 N–H and O–H groups in total. The highest BCUT2D eigenvalue weighted by atomic mass is 31.0. The van der Waals surface area contributed by atoms with Gasteiger partial charge in [0.05, 0.1) is 18.8 Å². The number of hydrogen-bond acceptors (Lipinski definition) is 5. The van der Waals surface area contributed by atoms with E-state index in [0.29, 0.717) is 23.7 Å². The minimum absolute atomic E-state index is 0.324. The molecule has 0 radical (unpaired) electrons. The van der Waals surface area contributed by atoms with Gasteiger partial charge in [0.15, 0.2) is 0 Å². The third-order valence-corrected chi connectivity index (χ3v) is 3.85. The van der Waals surface area contributed by atoms with E-state index >= 15 is 0 Å². The summed E-state index contributed by atoms with van der Waals surface area (Å²) in [6.45, 7) is 9.94. The Kier molecular flexibility index (Phi) is 16.6. The highest BCUT2D eigenvalue weighted by molar-refractivity contribution is 7.08. The number of imide groups is 1. The third-order valence-electron chi connectivity index (χ3n) is 3.85. The lowest BCUT2D eigenvalue weighted by Crippen LogP contribution is -2.28. The first kappa shape index (κ1) is 25.4. The summed E-state index contributed by atoms with van der Waals surface area (Å²) in [5.41, 5.74) is 0.551. The van der Waals surface area contributed by atoms with Crippen LogP contribution in [0.5, 0.6) is 0 Å². The molecule has 0 aromatic rings. The second kappa shape index (κ2) is 15.7. The van der Waals surface area contributed by atoms with Crippen molar-refractivity contribution in [1.82, 2.24) is 5.32 Å². The summed E-state index contributed by atoms with van der Waals surface area (Å²) in [6.07, 6.45) is 6.08. The van der Waals surface area contributed by atoms with Crippen molar-refractivity contribution in [2.75, 3.05) is 13.7 Å². The number of nitrogens with one attached hydrogen (secondary N) is 1. The molecule has 0 saturated carbocycles. The van der Waals surface area contributed by atoms with Crippen LogP contribution in [0.4, 0.5) is 0 Å². The molecule has 1 aliphatic rings. The molecule has 1 aliphatic heterocycles. The van der Waals surface area contributed by atoms with E-state index in [9.17, 15) is 9.59 Å². The van der Waals surface area contributed by atoms with Crippen LogP contribution in [0.1, 0.15) is 53.9 Å². The van der Waals surface area contributed by atoms with E-state index in [2.05, 4.69) is 19.2 Å². The van der Waals surface area contributed by atoms with Crippen molar-refractivity contribution in [1.29, 1.82) is 0 Å². The average Bonchev–Trinajstić information content (AvgIpc) is 3.04. The highest BCUT2D eigenvalue weighted by Crippen LogP contribution is 2.26. The summed E-state index contributed by atoms with van der Waals surface area (Å²) >= 11 is 0. The van der Waals surface area contributed by atoms with Gasteiger partial charge in [0, 0.05) is 19.6 Å². The number of rotatable bonds is 5.